The molecule has 2 nitrogen and oxygen atoms in total. The van der Waals surface area contributed by atoms with Gasteiger partial charge in [0, 0.05) is 17.6 Å². The van der Waals surface area contributed by atoms with Crippen molar-refractivity contribution < 1.29 is 4.74 Å². The molecule has 0 bridgehead atoms. The molecule has 2 rings (SSSR count). The molecule has 0 radical (unpaired) electrons. The summed E-state index contributed by atoms with van der Waals surface area (Å²) in [5.41, 5.74) is 2.19. The fourth-order valence-corrected chi connectivity index (χ4v) is 2.08. The zero-order chi connectivity index (χ0) is 14.5. The highest BCUT2D eigenvalue weighted by molar-refractivity contribution is 6.31. The second-order valence-corrected chi connectivity index (χ2v) is 5.56. The molecule has 2 aromatic rings. The first-order valence-corrected chi connectivity index (χ1v) is 7.19. The molecular formula is C17H20ClNO. The largest absolute Gasteiger partial charge is 0.457 e. The SMILES string of the molecule is Cc1ccccc1Oc1ccc(CNC(C)C)c(Cl)c1. The number of halogens is 1. The third-order valence-corrected chi connectivity index (χ3v) is 3.40. The van der Waals surface area contributed by atoms with Crippen LogP contribution in [0, 0.1) is 6.92 Å². The van der Waals surface area contributed by atoms with Crippen molar-refractivity contribution in [2.75, 3.05) is 0 Å². The van der Waals surface area contributed by atoms with E-state index in [2.05, 4.69) is 19.2 Å². The Labute approximate surface area is 125 Å². The number of hydrogen-bond donors (Lipinski definition) is 1. The van der Waals surface area contributed by atoms with E-state index >= 15 is 0 Å². The van der Waals surface area contributed by atoms with Crippen molar-refractivity contribution in [2.45, 2.75) is 33.4 Å². The molecule has 0 aliphatic carbocycles. The van der Waals surface area contributed by atoms with E-state index in [-0.39, 0.29) is 0 Å². The van der Waals surface area contributed by atoms with Crippen LogP contribution in [0.2, 0.25) is 5.02 Å². The molecule has 2 aromatic carbocycles. The van der Waals surface area contributed by atoms with Crippen LogP contribution in [0.25, 0.3) is 0 Å². The second-order valence-electron chi connectivity index (χ2n) is 5.16. The predicted octanol–water partition coefficient (Wildman–Crippen LogP) is 4.94. The minimum absolute atomic E-state index is 0.439. The Morgan fingerprint density at radius 2 is 1.90 bits per heavy atom. The maximum Gasteiger partial charge on any atom is 0.130 e. The first-order chi connectivity index (χ1) is 9.56. The lowest BCUT2D eigenvalue weighted by atomic mass is 10.2. The number of ether oxygens (including phenoxy) is 1. The van der Waals surface area contributed by atoms with E-state index in [9.17, 15) is 0 Å². The molecule has 0 saturated carbocycles. The van der Waals surface area contributed by atoms with Crippen LogP contribution in [0.4, 0.5) is 0 Å². The Morgan fingerprint density at radius 3 is 2.55 bits per heavy atom. The van der Waals surface area contributed by atoms with E-state index in [1.165, 1.54) is 0 Å². The van der Waals surface area contributed by atoms with Crippen molar-refractivity contribution in [2.24, 2.45) is 0 Å². The van der Waals surface area contributed by atoms with Crippen molar-refractivity contribution in [1.82, 2.24) is 5.32 Å². The quantitative estimate of drug-likeness (QED) is 0.842. The minimum atomic E-state index is 0.439. The van der Waals surface area contributed by atoms with E-state index < -0.39 is 0 Å². The smallest absolute Gasteiger partial charge is 0.130 e. The van der Waals surface area contributed by atoms with Gasteiger partial charge in [-0.25, -0.2) is 0 Å². The average molecular weight is 290 g/mol. The van der Waals surface area contributed by atoms with Gasteiger partial charge >= 0.3 is 0 Å². The van der Waals surface area contributed by atoms with Gasteiger partial charge < -0.3 is 10.1 Å². The molecule has 0 fully saturated rings. The van der Waals surface area contributed by atoms with E-state index in [1.807, 2.05) is 49.4 Å². The zero-order valence-electron chi connectivity index (χ0n) is 12.1. The number of nitrogens with one attached hydrogen (secondary N) is 1. The Kier molecular flexibility index (Phi) is 5.05. The summed E-state index contributed by atoms with van der Waals surface area (Å²) in [4.78, 5) is 0. The molecule has 20 heavy (non-hydrogen) atoms. The fraction of sp³-hybridized carbons (Fsp3) is 0.294. The van der Waals surface area contributed by atoms with Crippen molar-refractivity contribution >= 4 is 11.6 Å². The number of aryl methyl sites for hydroxylation is 1. The van der Waals surface area contributed by atoms with Crippen molar-refractivity contribution in [1.29, 1.82) is 0 Å². The molecular weight excluding hydrogens is 270 g/mol. The normalized spacial score (nSPS) is 10.8. The summed E-state index contributed by atoms with van der Waals surface area (Å²) in [6, 6.07) is 14.2. The molecule has 0 unspecified atom stereocenters. The standard InChI is InChI=1S/C17H20ClNO/c1-12(2)19-11-14-8-9-15(10-16(14)18)20-17-7-5-4-6-13(17)3/h4-10,12,19H,11H2,1-3H3. The molecule has 0 aliphatic heterocycles. The third-order valence-electron chi connectivity index (χ3n) is 3.05. The molecule has 0 amide bonds. The van der Waals surface area contributed by atoms with Crippen LogP contribution in [-0.2, 0) is 6.54 Å². The molecule has 0 atom stereocenters. The summed E-state index contributed by atoms with van der Waals surface area (Å²) in [7, 11) is 0. The summed E-state index contributed by atoms with van der Waals surface area (Å²) in [6.45, 7) is 7.02. The van der Waals surface area contributed by atoms with E-state index in [0.717, 1.165) is 34.2 Å². The van der Waals surface area contributed by atoms with Crippen LogP contribution >= 0.6 is 11.6 Å². The molecule has 0 heterocycles. The number of benzene rings is 2. The molecule has 1 N–H and O–H groups in total. The van der Waals surface area contributed by atoms with Gasteiger partial charge in [-0.2, -0.15) is 0 Å². The molecule has 0 aliphatic rings. The van der Waals surface area contributed by atoms with Crippen LogP contribution in [0.1, 0.15) is 25.0 Å². The first kappa shape index (κ1) is 14.9. The van der Waals surface area contributed by atoms with Crippen molar-refractivity contribution in [3.05, 3.63) is 58.6 Å². The van der Waals surface area contributed by atoms with Crippen LogP contribution in [0.15, 0.2) is 42.5 Å². The van der Waals surface area contributed by atoms with Gasteiger partial charge in [0.05, 0.1) is 0 Å². The van der Waals surface area contributed by atoms with Gasteiger partial charge in [0.1, 0.15) is 11.5 Å². The summed E-state index contributed by atoms with van der Waals surface area (Å²) in [5, 5.41) is 4.08. The lowest BCUT2D eigenvalue weighted by Gasteiger charge is -2.12. The number of para-hydroxylation sites is 1. The van der Waals surface area contributed by atoms with Crippen LogP contribution in [0.5, 0.6) is 11.5 Å². The van der Waals surface area contributed by atoms with Gasteiger partial charge in [-0.15, -0.1) is 0 Å². The third kappa shape index (κ3) is 3.99. The summed E-state index contributed by atoms with van der Waals surface area (Å²) in [6.07, 6.45) is 0. The summed E-state index contributed by atoms with van der Waals surface area (Å²) in [5.74, 6) is 1.62. The van der Waals surface area contributed by atoms with Gasteiger partial charge in [0.2, 0.25) is 0 Å². The molecule has 0 aromatic heterocycles. The van der Waals surface area contributed by atoms with E-state index in [0.29, 0.717) is 6.04 Å². The van der Waals surface area contributed by atoms with Gasteiger partial charge in [-0.3, -0.25) is 0 Å². The molecule has 3 heteroatoms. The lowest BCUT2D eigenvalue weighted by Crippen LogP contribution is -2.21. The minimum Gasteiger partial charge on any atom is -0.457 e. The van der Waals surface area contributed by atoms with Crippen molar-refractivity contribution in [3.63, 3.8) is 0 Å². The Hall–Kier alpha value is -1.51. The molecule has 0 saturated heterocycles. The topological polar surface area (TPSA) is 21.3 Å². The highest BCUT2D eigenvalue weighted by atomic mass is 35.5. The summed E-state index contributed by atoms with van der Waals surface area (Å²) >= 11 is 6.30. The molecule has 0 spiro atoms. The maximum absolute atomic E-state index is 6.30. The Balaban J connectivity index is 2.11. The van der Waals surface area contributed by atoms with E-state index in [4.69, 9.17) is 16.3 Å². The highest BCUT2D eigenvalue weighted by Gasteiger charge is 2.05. The Morgan fingerprint density at radius 1 is 1.15 bits per heavy atom. The highest BCUT2D eigenvalue weighted by Crippen LogP contribution is 2.28. The fourth-order valence-electron chi connectivity index (χ4n) is 1.85. The van der Waals surface area contributed by atoms with Crippen LogP contribution in [-0.4, -0.2) is 6.04 Å². The van der Waals surface area contributed by atoms with Gasteiger partial charge in [0.15, 0.2) is 0 Å². The van der Waals surface area contributed by atoms with Crippen molar-refractivity contribution in [3.8, 4) is 11.5 Å². The first-order valence-electron chi connectivity index (χ1n) is 6.81. The second kappa shape index (κ2) is 6.78. The van der Waals surface area contributed by atoms with Gasteiger partial charge in [0.25, 0.3) is 0 Å². The predicted molar refractivity (Wildman–Crippen MR) is 84.7 cm³/mol. The molecule has 106 valence electrons. The maximum atomic E-state index is 6.30. The monoisotopic (exact) mass is 289 g/mol. The number of rotatable bonds is 5. The number of hydrogen-bond acceptors (Lipinski definition) is 2. The average Bonchev–Trinajstić information content (AvgIpc) is 2.40. The summed E-state index contributed by atoms with van der Waals surface area (Å²) < 4.78 is 5.87. The zero-order valence-corrected chi connectivity index (χ0v) is 12.9. The lowest BCUT2D eigenvalue weighted by molar-refractivity contribution is 0.478. The van der Waals surface area contributed by atoms with Gasteiger partial charge in [-0.05, 0) is 36.2 Å². The Bertz CT molecular complexity index is 581. The van der Waals surface area contributed by atoms with Gasteiger partial charge in [-0.1, -0.05) is 49.7 Å². The van der Waals surface area contributed by atoms with Crippen LogP contribution in [0.3, 0.4) is 0 Å². The van der Waals surface area contributed by atoms with E-state index in [1.54, 1.807) is 0 Å². The van der Waals surface area contributed by atoms with Crippen LogP contribution < -0.4 is 10.1 Å².